The van der Waals surface area contributed by atoms with Gasteiger partial charge in [-0.25, -0.2) is 4.39 Å². The molecule has 0 unspecified atom stereocenters. The van der Waals surface area contributed by atoms with E-state index in [1.54, 1.807) is 18.4 Å². The second-order valence-electron chi connectivity index (χ2n) is 3.08. The maximum atomic E-state index is 13.1. The highest BCUT2D eigenvalue weighted by Gasteiger charge is 2.28. The maximum Gasteiger partial charge on any atom is 0.233 e. The molecular weight excluding hydrogens is 155 g/mol. The average molecular weight is 163 g/mol. The highest BCUT2D eigenvalue weighted by molar-refractivity contribution is 5.78. The number of carbonyl (C=O) groups excluding carboxylic acids is 1. The van der Waals surface area contributed by atoms with Crippen molar-refractivity contribution in [2.75, 3.05) is 0 Å². The SMILES string of the molecule is O=[C]c1cccc(F)c1C1CC1. The number of hydrogen-bond acceptors (Lipinski definition) is 1. The summed E-state index contributed by atoms with van der Waals surface area (Å²) < 4.78 is 13.1. The van der Waals surface area contributed by atoms with E-state index >= 15 is 0 Å². The first-order valence-electron chi connectivity index (χ1n) is 3.99. The van der Waals surface area contributed by atoms with Crippen LogP contribution in [0.4, 0.5) is 4.39 Å². The minimum atomic E-state index is -0.265. The molecule has 1 saturated carbocycles. The molecule has 0 amide bonds. The maximum absolute atomic E-state index is 13.1. The highest BCUT2D eigenvalue weighted by Crippen LogP contribution is 2.42. The first-order valence-corrected chi connectivity index (χ1v) is 3.99. The Morgan fingerprint density at radius 3 is 2.75 bits per heavy atom. The van der Waals surface area contributed by atoms with Gasteiger partial charge in [0.15, 0.2) is 0 Å². The van der Waals surface area contributed by atoms with Crippen molar-refractivity contribution in [1.82, 2.24) is 0 Å². The summed E-state index contributed by atoms with van der Waals surface area (Å²) in [7, 11) is 0. The van der Waals surface area contributed by atoms with Crippen LogP contribution in [0.1, 0.15) is 29.9 Å². The van der Waals surface area contributed by atoms with Crippen LogP contribution in [0.3, 0.4) is 0 Å². The molecule has 1 aromatic rings. The number of hydrogen-bond donors (Lipinski definition) is 0. The van der Waals surface area contributed by atoms with E-state index in [4.69, 9.17) is 0 Å². The van der Waals surface area contributed by atoms with Crippen LogP contribution in [0.5, 0.6) is 0 Å². The molecule has 0 heterocycles. The van der Waals surface area contributed by atoms with Gasteiger partial charge in [0.05, 0.1) is 0 Å². The molecule has 1 aliphatic rings. The summed E-state index contributed by atoms with van der Waals surface area (Å²) in [5.74, 6) is 0.000926. The van der Waals surface area contributed by atoms with Crippen molar-refractivity contribution in [1.29, 1.82) is 0 Å². The van der Waals surface area contributed by atoms with E-state index in [0.29, 0.717) is 11.1 Å². The van der Waals surface area contributed by atoms with Crippen molar-refractivity contribution >= 4 is 6.29 Å². The van der Waals surface area contributed by atoms with Crippen molar-refractivity contribution in [2.45, 2.75) is 18.8 Å². The molecular formula is C10H8FO. The van der Waals surface area contributed by atoms with Crippen molar-refractivity contribution in [3.05, 3.63) is 35.1 Å². The van der Waals surface area contributed by atoms with Gasteiger partial charge in [-0.15, -0.1) is 0 Å². The lowest BCUT2D eigenvalue weighted by molar-refractivity contribution is 0.560. The lowest BCUT2D eigenvalue weighted by Gasteiger charge is -2.02. The fourth-order valence-corrected chi connectivity index (χ4v) is 1.41. The van der Waals surface area contributed by atoms with Gasteiger partial charge in [-0.2, -0.15) is 0 Å². The summed E-state index contributed by atoms with van der Waals surface area (Å²) in [5, 5.41) is 0. The zero-order valence-corrected chi connectivity index (χ0v) is 6.51. The van der Waals surface area contributed by atoms with Crippen LogP contribution in [0.2, 0.25) is 0 Å². The van der Waals surface area contributed by atoms with E-state index in [1.807, 2.05) is 0 Å². The first-order chi connectivity index (χ1) is 5.83. The normalized spacial score (nSPS) is 16.1. The average Bonchev–Trinajstić information content (AvgIpc) is 2.87. The molecule has 61 valence electrons. The van der Waals surface area contributed by atoms with Gasteiger partial charge in [-0.05, 0) is 24.8 Å². The van der Waals surface area contributed by atoms with E-state index in [0.717, 1.165) is 12.8 Å². The number of halogens is 1. The topological polar surface area (TPSA) is 17.1 Å². The van der Waals surface area contributed by atoms with E-state index in [9.17, 15) is 9.18 Å². The predicted molar refractivity (Wildman–Crippen MR) is 43.2 cm³/mol. The third-order valence-electron chi connectivity index (χ3n) is 2.15. The van der Waals surface area contributed by atoms with Crippen molar-refractivity contribution in [3.63, 3.8) is 0 Å². The van der Waals surface area contributed by atoms with Crippen LogP contribution < -0.4 is 0 Å². The summed E-state index contributed by atoms with van der Waals surface area (Å²) in [6.45, 7) is 0. The van der Waals surface area contributed by atoms with Gasteiger partial charge >= 0.3 is 0 Å². The van der Waals surface area contributed by atoms with Crippen molar-refractivity contribution < 1.29 is 9.18 Å². The minimum absolute atomic E-state index is 0.265. The van der Waals surface area contributed by atoms with Gasteiger partial charge in [-0.1, -0.05) is 12.1 Å². The molecule has 0 spiro atoms. The largest absolute Gasteiger partial charge is 0.285 e. The molecule has 1 aromatic carbocycles. The number of rotatable bonds is 2. The van der Waals surface area contributed by atoms with Gasteiger partial charge < -0.3 is 0 Å². The smallest absolute Gasteiger partial charge is 0.233 e. The van der Waals surface area contributed by atoms with Crippen molar-refractivity contribution in [2.24, 2.45) is 0 Å². The molecule has 2 rings (SSSR count). The lowest BCUT2D eigenvalue weighted by atomic mass is 10.0. The zero-order valence-electron chi connectivity index (χ0n) is 6.51. The molecule has 0 saturated heterocycles. The molecule has 0 atom stereocenters. The van der Waals surface area contributed by atoms with Crippen LogP contribution in [-0.2, 0) is 4.79 Å². The molecule has 0 aliphatic heterocycles. The molecule has 0 aromatic heterocycles. The molecule has 1 radical (unpaired) electrons. The van der Waals surface area contributed by atoms with Crippen LogP contribution in [-0.4, -0.2) is 6.29 Å². The van der Waals surface area contributed by atoms with E-state index in [-0.39, 0.29) is 11.7 Å². The first kappa shape index (κ1) is 7.47. The monoisotopic (exact) mass is 163 g/mol. The lowest BCUT2D eigenvalue weighted by Crippen LogP contribution is -1.94. The quantitative estimate of drug-likeness (QED) is 0.653. The van der Waals surface area contributed by atoms with Crippen LogP contribution in [0.15, 0.2) is 18.2 Å². The Morgan fingerprint density at radius 2 is 2.17 bits per heavy atom. The minimum Gasteiger partial charge on any atom is -0.285 e. The summed E-state index contributed by atoms with van der Waals surface area (Å²) in [6, 6.07) is 4.56. The van der Waals surface area contributed by atoms with Crippen molar-refractivity contribution in [3.8, 4) is 0 Å². The van der Waals surface area contributed by atoms with Gasteiger partial charge in [0, 0.05) is 11.1 Å². The van der Waals surface area contributed by atoms with Crippen LogP contribution >= 0.6 is 0 Å². The Bertz CT molecular complexity index is 316. The predicted octanol–water partition coefficient (Wildman–Crippen LogP) is 2.16. The summed E-state index contributed by atoms with van der Waals surface area (Å²) >= 11 is 0. The Kier molecular flexibility index (Phi) is 1.68. The highest BCUT2D eigenvalue weighted by atomic mass is 19.1. The zero-order chi connectivity index (χ0) is 8.55. The third-order valence-corrected chi connectivity index (χ3v) is 2.15. The standard InChI is InChI=1S/C10H8FO/c11-9-3-1-2-8(6-12)10(9)7-4-5-7/h1-3,7H,4-5H2. The Labute approximate surface area is 70.2 Å². The summed E-state index contributed by atoms with van der Waals surface area (Å²) in [5.41, 5.74) is 0.949. The molecule has 0 bridgehead atoms. The Hall–Kier alpha value is -1.18. The van der Waals surface area contributed by atoms with Crippen LogP contribution in [0, 0.1) is 5.82 Å². The Morgan fingerprint density at radius 1 is 1.42 bits per heavy atom. The number of benzene rings is 1. The van der Waals surface area contributed by atoms with Gasteiger partial charge in [-0.3, -0.25) is 4.79 Å². The second-order valence-corrected chi connectivity index (χ2v) is 3.08. The molecule has 1 aliphatic carbocycles. The van der Waals surface area contributed by atoms with Gasteiger partial charge in [0.2, 0.25) is 6.29 Å². The van der Waals surface area contributed by atoms with E-state index in [1.165, 1.54) is 6.07 Å². The second kappa shape index (κ2) is 2.70. The summed E-state index contributed by atoms with van der Waals surface area (Å²) in [4.78, 5) is 10.4. The molecule has 1 fully saturated rings. The Balaban J connectivity index is 2.52. The van der Waals surface area contributed by atoms with E-state index in [2.05, 4.69) is 0 Å². The molecule has 12 heavy (non-hydrogen) atoms. The van der Waals surface area contributed by atoms with E-state index < -0.39 is 0 Å². The third kappa shape index (κ3) is 1.13. The summed E-state index contributed by atoms with van der Waals surface area (Å²) in [6.07, 6.45) is 3.76. The molecule has 0 N–H and O–H groups in total. The van der Waals surface area contributed by atoms with Gasteiger partial charge in [0.25, 0.3) is 0 Å². The fraction of sp³-hybridized carbons (Fsp3) is 0.300. The van der Waals surface area contributed by atoms with Crippen LogP contribution in [0.25, 0.3) is 0 Å². The molecule has 2 heteroatoms. The van der Waals surface area contributed by atoms with Gasteiger partial charge in [0.1, 0.15) is 5.82 Å². The molecule has 1 nitrogen and oxygen atoms in total. The fourth-order valence-electron chi connectivity index (χ4n) is 1.41.